The second-order valence-corrected chi connectivity index (χ2v) is 3.05. The molecule has 0 atom stereocenters. The van der Waals surface area contributed by atoms with Crippen molar-refractivity contribution in [2.24, 2.45) is 0 Å². The van der Waals surface area contributed by atoms with Crippen LogP contribution in [-0.2, 0) is 0 Å². The molecule has 2 aromatic heterocycles. The molecule has 0 fully saturated rings. The largest absolute Gasteiger partial charge is 0.478 e. The minimum absolute atomic E-state index is 0. The van der Waals surface area contributed by atoms with Gasteiger partial charge in [0.1, 0.15) is 0 Å². The molecule has 2 aromatic rings. The molecule has 0 bridgehead atoms. The quantitative estimate of drug-likeness (QED) is 0.805. The summed E-state index contributed by atoms with van der Waals surface area (Å²) in [6.45, 7) is 1.87. The Bertz CT molecular complexity index is 514. The molecule has 0 spiro atoms. The van der Waals surface area contributed by atoms with Crippen molar-refractivity contribution in [2.45, 2.75) is 6.92 Å². The van der Waals surface area contributed by atoms with E-state index in [0.717, 1.165) is 5.56 Å². The van der Waals surface area contributed by atoms with Crippen LogP contribution in [0.2, 0.25) is 0 Å². The van der Waals surface area contributed by atoms with Crippen LogP contribution in [0.4, 0.5) is 0 Å². The maximum atomic E-state index is 10.9. The molecule has 0 aromatic carbocycles. The standard InChI is InChI=1S/C10H8N2O2.ClH/c1-6-4-8-7(10(13)14)2-3-11-9(8)12-5-6;/h2-5H,1H3,(H,13,14);1H. The monoisotopic (exact) mass is 224 g/mol. The maximum absolute atomic E-state index is 10.9. The second kappa shape index (κ2) is 4.23. The van der Waals surface area contributed by atoms with Gasteiger partial charge in [0.05, 0.1) is 5.56 Å². The number of aryl methyl sites for hydroxylation is 1. The third-order valence-electron chi connectivity index (χ3n) is 1.96. The van der Waals surface area contributed by atoms with E-state index in [4.69, 9.17) is 5.11 Å². The van der Waals surface area contributed by atoms with Gasteiger partial charge in [-0.05, 0) is 24.6 Å². The first kappa shape index (κ1) is 11.4. The molecule has 0 saturated carbocycles. The van der Waals surface area contributed by atoms with Crippen molar-refractivity contribution in [3.8, 4) is 0 Å². The van der Waals surface area contributed by atoms with Gasteiger partial charge in [-0.2, -0.15) is 0 Å². The molecule has 2 heterocycles. The van der Waals surface area contributed by atoms with Gasteiger partial charge < -0.3 is 5.11 Å². The zero-order chi connectivity index (χ0) is 10.1. The van der Waals surface area contributed by atoms with E-state index >= 15 is 0 Å². The molecule has 0 unspecified atom stereocenters. The van der Waals surface area contributed by atoms with Crippen molar-refractivity contribution in [1.29, 1.82) is 0 Å². The number of pyridine rings is 2. The summed E-state index contributed by atoms with van der Waals surface area (Å²) in [6, 6.07) is 3.25. The average Bonchev–Trinajstić information content (AvgIpc) is 2.16. The minimum atomic E-state index is -0.954. The van der Waals surface area contributed by atoms with Crippen LogP contribution in [-0.4, -0.2) is 21.0 Å². The second-order valence-electron chi connectivity index (χ2n) is 3.05. The van der Waals surface area contributed by atoms with Crippen LogP contribution >= 0.6 is 12.4 Å². The Balaban J connectivity index is 0.00000112. The summed E-state index contributed by atoms with van der Waals surface area (Å²) in [5, 5.41) is 9.50. The summed E-state index contributed by atoms with van der Waals surface area (Å²) in [6.07, 6.45) is 3.12. The number of carboxylic acids is 1. The zero-order valence-electron chi connectivity index (χ0n) is 7.97. The molecule has 0 radical (unpaired) electrons. The highest BCUT2D eigenvalue weighted by atomic mass is 35.5. The predicted octanol–water partition coefficient (Wildman–Crippen LogP) is 2.06. The van der Waals surface area contributed by atoms with Gasteiger partial charge >= 0.3 is 5.97 Å². The number of aromatic carboxylic acids is 1. The summed E-state index contributed by atoms with van der Waals surface area (Å²) in [5.74, 6) is -0.954. The van der Waals surface area contributed by atoms with Crippen LogP contribution in [0, 0.1) is 6.92 Å². The molecule has 78 valence electrons. The smallest absolute Gasteiger partial charge is 0.336 e. The lowest BCUT2D eigenvalue weighted by molar-refractivity contribution is 0.0699. The number of nitrogens with zero attached hydrogens (tertiary/aromatic N) is 2. The van der Waals surface area contributed by atoms with Crippen LogP contribution in [0.15, 0.2) is 24.5 Å². The first-order valence-electron chi connectivity index (χ1n) is 4.13. The SMILES string of the molecule is Cc1cnc2nccc(C(=O)O)c2c1.Cl. The third kappa shape index (κ3) is 2.05. The van der Waals surface area contributed by atoms with E-state index in [-0.39, 0.29) is 18.0 Å². The van der Waals surface area contributed by atoms with Crippen molar-refractivity contribution in [1.82, 2.24) is 9.97 Å². The molecule has 0 aliphatic carbocycles. The molecule has 0 amide bonds. The van der Waals surface area contributed by atoms with Crippen LogP contribution in [0.3, 0.4) is 0 Å². The number of halogens is 1. The maximum Gasteiger partial charge on any atom is 0.336 e. The van der Waals surface area contributed by atoms with Gasteiger partial charge in [-0.15, -0.1) is 12.4 Å². The van der Waals surface area contributed by atoms with Gasteiger partial charge in [0.2, 0.25) is 0 Å². The molecular weight excluding hydrogens is 216 g/mol. The van der Waals surface area contributed by atoms with E-state index in [1.807, 2.05) is 6.92 Å². The Hall–Kier alpha value is -1.68. The Morgan fingerprint density at radius 1 is 1.40 bits per heavy atom. The van der Waals surface area contributed by atoms with Crippen LogP contribution in [0.1, 0.15) is 15.9 Å². The Kier molecular flexibility index (Phi) is 3.21. The van der Waals surface area contributed by atoms with Gasteiger partial charge in [0.25, 0.3) is 0 Å². The van der Waals surface area contributed by atoms with E-state index in [2.05, 4.69) is 9.97 Å². The summed E-state index contributed by atoms with van der Waals surface area (Å²) < 4.78 is 0. The lowest BCUT2D eigenvalue weighted by atomic mass is 10.1. The van der Waals surface area contributed by atoms with Gasteiger partial charge in [0, 0.05) is 17.8 Å². The van der Waals surface area contributed by atoms with Crippen molar-refractivity contribution < 1.29 is 9.90 Å². The first-order chi connectivity index (χ1) is 6.68. The number of aromatic nitrogens is 2. The van der Waals surface area contributed by atoms with E-state index in [1.54, 1.807) is 12.3 Å². The zero-order valence-corrected chi connectivity index (χ0v) is 8.78. The molecule has 0 aliphatic heterocycles. The molecule has 2 rings (SSSR count). The summed E-state index contributed by atoms with van der Waals surface area (Å²) in [5.41, 5.74) is 1.63. The van der Waals surface area contributed by atoms with Gasteiger partial charge in [-0.1, -0.05) is 0 Å². The Morgan fingerprint density at radius 3 is 2.80 bits per heavy atom. The van der Waals surface area contributed by atoms with Gasteiger partial charge in [0.15, 0.2) is 5.65 Å². The number of hydrogen-bond donors (Lipinski definition) is 1. The summed E-state index contributed by atoms with van der Waals surface area (Å²) >= 11 is 0. The highest BCUT2D eigenvalue weighted by Crippen LogP contribution is 2.15. The normalized spacial score (nSPS) is 9.67. The molecular formula is C10H9ClN2O2. The fraction of sp³-hybridized carbons (Fsp3) is 0.100. The van der Waals surface area contributed by atoms with Crippen LogP contribution in [0.25, 0.3) is 11.0 Å². The van der Waals surface area contributed by atoms with E-state index in [1.165, 1.54) is 12.3 Å². The average molecular weight is 225 g/mol. The molecule has 0 saturated heterocycles. The number of hydrogen-bond acceptors (Lipinski definition) is 3. The molecule has 0 aliphatic rings. The Morgan fingerprint density at radius 2 is 2.13 bits per heavy atom. The number of fused-ring (bicyclic) bond motifs is 1. The topological polar surface area (TPSA) is 63.1 Å². The van der Waals surface area contributed by atoms with Gasteiger partial charge in [-0.25, -0.2) is 14.8 Å². The van der Waals surface area contributed by atoms with E-state index in [0.29, 0.717) is 11.0 Å². The molecule has 5 heteroatoms. The third-order valence-corrected chi connectivity index (χ3v) is 1.96. The minimum Gasteiger partial charge on any atom is -0.478 e. The molecule has 1 N–H and O–H groups in total. The summed E-state index contributed by atoms with van der Waals surface area (Å²) in [4.78, 5) is 18.9. The number of rotatable bonds is 1. The van der Waals surface area contributed by atoms with E-state index < -0.39 is 5.97 Å². The first-order valence-corrected chi connectivity index (χ1v) is 4.13. The fourth-order valence-electron chi connectivity index (χ4n) is 1.32. The number of carbonyl (C=O) groups is 1. The predicted molar refractivity (Wildman–Crippen MR) is 58.5 cm³/mol. The van der Waals surface area contributed by atoms with Crippen molar-refractivity contribution >= 4 is 29.4 Å². The van der Waals surface area contributed by atoms with Crippen LogP contribution < -0.4 is 0 Å². The summed E-state index contributed by atoms with van der Waals surface area (Å²) in [7, 11) is 0. The van der Waals surface area contributed by atoms with Crippen LogP contribution in [0.5, 0.6) is 0 Å². The van der Waals surface area contributed by atoms with Crippen molar-refractivity contribution in [3.63, 3.8) is 0 Å². The van der Waals surface area contributed by atoms with Crippen molar-refractivity contribution in [2.75, 3.05) is 0 Å². The number of carboxylic acid groups (broad SMARTS) is 1. The highest BCUT2D eigenvalue weighted by molar-refractivity contribution is 6.01. The Labute approximate surface area is 92.4 Å². The molecule has 4 nitrogen and oxygen atoms in total. The lowest BCUT2D eigenvalue weighted by Gasteiger charge is -2.01. The van der Waals surface area contributed by atoms with E-state index in [9.17, 15) is 4.79 Å². The van der Waals surface area contributed by atoms with Gasteiger partial charge in [-0.3, -0.25) is 0 Å². The highest BCUT2D eigenvalue weighted by Gasteiger charge is 2.08. The van der Waals surface area contributed by atoms with Crippen molar-refractivity contribution in [3.05, 3.63) is 35.7 Å². The molecule has 15 heavy (non-hydrogen) atoms. The fourth-order valence-corrected chi connectivity index (χ4v) is 1.32. The lowest BCUT2D eigenvalue weighted by Crippen LogP contribution is -1.99.